The third-order valence-electron chi connectivity index (χ3n) is 4.97. The van der Waals surface area contributed by atoms with Gasteiger partial charge in [0.25, 0.3) is 5.91 Å². The lowest BCUT2D eigenvalue weighted by Gasteiger charge is -2.24. The predicted molar refractivity (Wildman–Crippen MR) is 98.0 cm³/mol. The average molecular weight is 342 g/mol. The number of aliphatic carboxylic acids is 1. The van der Waals surface area contributed by atoms with Crippen LogP contribution in [0.1, 0.15) is 60.5 Å². The second-order valence-corrected chi connectivity index (χ2v) is 6.69. The lowest BCUT2D eigenvalue weighted by atomic mass is 9.98. The minimum atomic E-state index is -1.27. The molecule has 0 aliphatic heterocycles. The Morgan fingerprint density at radius 2 is 1.84 bits per heavy atom. The van der Waals surface area contributed by atoms with Crippen molar-refractivity contribution in [3.05, 3.63) is 58.9 Å². The zero-order chi connectivity index (χ0) is 18.8. The van der Waals surface area contributed by atoms with Crippen LogP contribution >= 0.6 is 0 Å². The minimum Gasteiger partial charge on any atom is -0.480 e. The molecule has 1 aromatic heterocycles. The number of carboxylic acids is 1. The van der Waals surface area contributed by atoms with Crippen LogP contribution in [0.25, 0.3) is 0 Å². The number of nitrogens with zero attached hydrogens (tertiary/aromatic N) is 1. The number of aryl methyl sites for hydroxylation is 1. The van der Waals surface area contributed by atoms with Crippen molar-refractivity contribution in [2.24, 2.45) is 0 Å². The number of benzene rings is 1. The van der Waals surface area contributed by atoms with Crippen molar-refractivity contribution >= 4 is 11.9 Å². The average Bonchev–Trinajstić information content (AvgIpc) is 2.89. The molecular formula is C20H26N2O3. The third kappa shape index (κ3) is 3.60. The number of hydrogen-bond donors (Lipinski definition) is 2. The van der Waals surface area contributed by atoms with Gasteiger partial charge in [0.2, 0.25) is 0 Å². The van der Waals surface area contributed by atoms with Crippen LogP contribution in [0.4, 0.5) is 0 Å². The SMILES string of the molecule is CCC(C)(NC(=O)c1cc(C)n(C(C)c2ccccc2)c1C)C(=O)O. The minimum absolute atomic E-state index is 0.0831. The van der Waals surface area contributed by atoms with Crippen LogP contribution in [-0.4, -0.2) is 27.1 Å². The molecule has 1 amide bonds. The van der Waals surface area contributed by atoms with Crippen LogP contribution in [0.15, 0.2) is 36.4 Å². The van der Waals surface area contributed by atoms with Crippen LogP contribution in [0.3, 0.4) is 0 Å². The molecular weight excluding hydrogens is 316 g/mol. The summed E-state index contributed by atoms with van der Waals surface area (Å²) >= 11 is 0. The highest BCUT2D eigenvalue weighted by Crippen LogP contribution is 2.26. The Morgan fingerprint density at radius 1 is 1.24 bits per heavy atom. The van der Waals surface area contributed by atoms with E-state index in [1.165, 1.54) is 6.92 Å². The van der Waals surface area contributed by atoms with E-state index in [9.17, 15) is 14.7 Å². The molecule has 2 unspecified atom stereocenters. The highest BCUT2D eigenvalue weighted by molar-refractivity contribution is 5.99. The third-order valence-corrected chi connectivity index (χ3v) is 4.97. The van der Waals surface area contributed by atoms with Gasteiger partial charge in [-0.1, -0.05) is 37.3 Å². The Kier molecular flexibility index (Phi) is 5.36. The summed E-state index contributed by atoms with van der Waals surface area (Å²) in [5.74, 6) is -1.39. The van der Waals surface area contributed by atoms with Gasteiger partial charge in [0, 0.05) is 11.4 Å². The number of carboxylic acid groups (broad SMARTS) is 1. The molecule has 0 saturated carbocycles. The van der Waals surface area contributed by atoms with Gasteiger partial charge in [-0.3, -0.25) is 4.79 Å². The van der Waals surface area contributed by atoms with Crippen molar-refractivity contribution in [3.63, 3.8) is 0 Å². The standard InChI is InChI=1S/C20H26N2O3/c1-6-20(5,19(24)25)21-18(23)17-12-13(2)22(15(17)4)14(3)16-10-8-7-9-11-16/h7-12,14H,6H2,1-5H3,(H,21,23)(H,24,25). The van der Waals surface area contributed by atoms with E-state index in [0.29, 0.717) is 12.0 Å². The maximum atomic E-state index is 12.7. The Balaban J connectivity index is 2.36. The van der Waals surface area contributed by atoms with Gasteiger partial charge < -0.3 is 15.0 Å². The first-order valence-corrected chi connectivity index (χ1v) is 8.50. The summed E-state index contributed by atoms with van der Waals surface area (Å²) in [6.45, 7) is 9.21. The Morgan fingerprint density at radius 3 is 2.36 bits per heavy atom. The number of aromatic nitrogens is 1. The summed E-state index contributed by atoms with van der Waals surface area (Å²) in [7, 11) is 0. The molecule has 0 spiro atoms. The predicted octanol–water partition coefficient (Wildman–Crippen LogP) is 3.70. The Hall–Kier alpha value is -2.56. The van der Waals surface area contributed by atoms with Crippen molar-refractivity contribution in [2.45, 2.75) is 52.6 Å². The van der Waals surface area contributed by atoms with E-state index in [1.807, 2.05) is 38.1 Å². The van der Waals surface area contributed by atoms with Crippen LogP contribution in [0.5, 0.6) is 0 Å². The molecule has 2 atom stereocenters. The molecule has 0 aliphatic rings. The van der Waals surface area contributed by atoms with Crippen molar-refractivity contribution < 1.29 is 14.7 Å². The second-order valence-electron chi connectivity index (χ2n) is 6.69. The fraction of sp³-hybridized carbons (Fsp3) is 0.400. The van der Waals surface area contributed by atoms with Crippen molar-refractivity contribution in [1.82, 2.24) is 9.88 Å². The molecule has 0 radical (unpaired) electrons. The fourth-order valence-electron chi connectivity index (χ4n) is 3.09. The molecule has 1 heterocycles. The van der Waals surface area contributed by atoms with Gasteiger partial charge in [0.05, 0.1) is 11.6 Å². The number of carbonyl (C=O) groups is 2. The van der Waals surface area contributed by atoms with E-state index in [4.69, 9.17) is 0 Å². The molecule has 5 heteroatoms. The van der Waals surface area contributed by atoms with E-state index in [0.717, 1.165) is 17.0 Å². The summed E-state index contributed by atoms with van der Waals surface area (Å²) in [6, 6.07) is 12.0. The molecule has 25 heavy (non-hydrogen) atoms. The Labute approximate surface area is 148 Å². The lowest BCUT2D eigenvalue weighted by Crippen LogP contribution is -2.51. The maximum Gasteiger partial charge on any atom is 0.329 e. The smallest absolute Gasteiger partial charge is 0.329 e. The van der Waals surface area contributed by atoms with Gasteiger partial charge in [-0.25, -0.2) is 4.79 Å². The topological polar surface area (TPSA) is 71.3 Å². The molecule has 2 N–H and O–H groups in total. The summed E-state index contributed by atoms with van der Waals surface area (Å²) in [5.41, 5.74) is 2.19. The van der Waals surface area contributed by atoms with Crippen LogP contribution in [0.2, 0.25) is 0 Å². The molecule has 2 rings (SSSR count). The highest BCUT2D eigenvalue weighted by Gasteiger charge is 2.34. The van der Waals surface area contributed by atoms with E-state index in [-0.39, 0.29) is 11.9 Å². The highest BCUT2D eigenvalue weighted by atomic mass is 16.4. The van der Waals surface area contributed by atoms with Gasteiger partial charge in [0.1, 0.15) is 5.54 Å². The zero-order valence-electron chi connectivity index (χ0n) is 15.5. The fourth-order valence-corrected chi connectivity index (χ4v) is 3.09. The number of amides is 1. The first-order valence-electron chi connectivity index (χ1n) is 8.50. The first kappa shape index (κ1) is 18.8. The molecule has 0 saturated heterocycles. The molecule has 0 aliphatic carbocycles. The molecule has 134 valence electrons. The van der Waals surface area contributed by atoms with Gasteiger partial charge in [0.15, 0.2) is 0 Å². The van der Waals surface area contributed by atoms with E-state index >= 15 is 0 Å². The van der Waals surface area contributed by atoms with Gasteiger partial charge in [-0.2, -0.15) is 0 Å². The van der Waals surface area contributed by atoms with Gasteiger partial charge in [-0.15, -0.1) is 0 Å². The summed E-state index contributed by atoms with van der Waals surface area (Å²) in [5, 5.41) is 12.0. The monoisotopic (exact) mass is 342 g/mol. The van der Waals surface area contributed by atoms with Crippen molar-refractivity contribution in [1.29, 1.82) is 0 Å². The van der Waals surface area contributed by atoms with Crippen molar-refractivity contribution in [3.8, 4) is 0 Å². The van der Waals surface area contributed by atoms with Crippen LogP contribution in [-0.2, 0) is 4.79 Å². The lowest BCUT2D eigenvalue weighted by molar-refractivity contribution is -0.143. The number of carbonyl (C=O) groups excluding carboxylic acids is 1. The second kappa shape index (κ2) is 7.13. The number of rotatable bonds is 6. The van der Waals surface area contributed by atoms with Gasteiger partial charge in [-0.05, 0) is 45.7 Å². The molecule has 0 bridgehead atoms. The van der Waals surface area contributed by atoms with E-state index in [2.05, 4.69) is 28.9 Å². The van der Waals surface area contributed by atoms with Crippen molar-refractivity contribution in [2.75, 3.05) is 0 Å². The summed E-state index contributed by atoms with van der Waals surface area (Å²) in [4.78, 5) is 24.1. The van der Waals surface area contributed by atoms with Crippen LogP contribution < -0.4 is 5.32 Å². The number of hydrogen-bond acceptors (Lipinski definition) is 2. The quantitative estimate of drug-likeness (QED) is 0.841. The summed E-state index contributed by atoms with van der Waals surface area (Å²) in [6.07, 6.45) is 0.313. The van der Waals surface area contributed by atoms with Gasteiger partial charge >= 0.3 is 5.97 Å². The summed E-state index contributed by atoms with van der Waals surface area (Å²) < 4.78 is 2.11. The van der Waals surface area contributed by atoms with E-state index in [1.54, 1.807) is 6.92 Å². The first-order chi connectivity index (χ1) is 11.7. The molecule has 2 aromatic rings. The number of nitrogens with one attached hydrogen (secondary N) is 1. The normalized spacial score (nSPS) is 14.6. The Bertz CT molecular complexity index is 780. The zero-order valence-corrected chi connectivity index (χ0v) is 15.5. The largest absolute Gasteiger partial charge is 0.480 e. The maximum absolute atomic E-state index is 12.7. The van der Waals surface area contributed by atoms with Crippen LogP contribution in [0, 0.1) is 13.8 Å². The molecule has 1 aromatic carbocycles. The molecule has 0 fully saturated rings. The molecule has 5 nitrogen and oxygen atoms in total. The van der Waals surface area contributed by atoms with E-state index < -0.39 is 11.5 Å².